The van der Waals surface area contributed by atoms with Gasteiger partial charge in [-0.15, -0.1) is 0 Å². The number of nitrogens with one attached hydrogen (secondary N) is 3. The summed E-state index contributed by atoms with van der Waals surface area (Å²) in [5.41, 5.74) is 6.15. The first-order valence-corrected chi connectivity index (χ1v) is 11.4. The van der Waals surface area contributed by atoms with Crippen molar-refractivity contribution in [2.75, 3.05) is 0 Å². The van der Waals surface area contributed by atoms with Gasteiger partial charge < -0.3 is 42.1 Å². The highest BCUT2D eigenvalue weighted by Gasteiger charge is 2.31. The molecule has 0 saturated carbocycles. The molecule has 15 nitrogen and oxygen atoms in total. The summed E-state index contributed by atoms with van der Waals surface area (Å²) in [7, 11) is 0. The van der Waals surface area contributed by atoms with E-state index in [1.165, 1.54) is 0 Å². The Labute approximate surface area is 216 Å². The SMILES string of the molecule is NC(CC(=O)O)C(=O)NC(Cc1ccccc1)C(=O)NC(CCC(=O)O)C(=O)NC(CCC(=O)O)C(=O)O. The lowest BCUT2D eigenvalue weighted by molar-refractivity contribution is -0.144. The van der Waals surface area contributed by atoms with Crippen molar-refractivity contribution in [1.82, 2.24) is 16.0 Å². The molecular weight excluding hydrogens is 508 g/mol. The van der Waals surface area contributed by atoms with Crippen LogP contribution in [0.25, 0.3) is 0 Å². The van der Waals surface area contributed by atoms with Crippen LogP contribution in [0.4, 0.5) is 0 Å². The zero-order valence-electron chi connectivity index (χ0n) is 20.2. The molecule has 4 atom stereocenters. The molecule has 0 heterocycles. The minimum absolute atomic E-state index is 0.109. The summed E-state index contributed by atoms with van der Waals surface area (Å²) in [6.45, 7) is 0. The predicted octanol–water partition coefficient (Wildman–Crippen LogP) is -1.70. The van der Waals surface area contributed by atoms with E-state index in [1.54, 1.807) is 30.3 Å². The number of nitrogens with two attached hydrogens (primary N) is 1. The van der Waals surface area contributed by atoms with Crippen LogP contribution in [0.1, 0.15) is 37.7 Å². The molecule has 15 heteroatoms. The van der Waals surface area contributed by atoms with Crippen LogP contribution in [0.5, 0.6) is 0 Å². The van der Waals surface area contributed by atoms with Gasteiger partial charge in [0.05, 0.1) is 12.5 Å². The minimum atomic E-state index is -1.63. The molecule has 0 aliphatic carbocycles. The maximum absolute atomic E-state index is 13.1. The van der Waals surface area contributed by atoms with Crippen LogP contribution in [0, 0.1) is 0 Å². The molecule has 0 radical (unpaired) electrons. The molecule has 0 aliphatic heterocycles. The Hall–Kier alpha value is -4.53. The fourth-order valence-electron chi connectivity index (χ4n) is 3.23. The van der Waals surface area contributed by atoms with Gasteiger partial charge >= 0.3 is 23.9 Å². The third kappa shape index (κ3) is 11.9. The number of rotatable bonds is 17. The highest BCUT2D eigenvalue weighted by atomic mass is 16.4. The molecule has 0 bridgehead atoms. The Morgan fingerprint density at radius 2 is 1.13 bits per heavy atom. The van der Waals surface area contributed by atoms with Gasteiger partial charge in [-0.05, 0) is 18.4 Å². The van der Waals surface area contributed by atoms with Crippen molar-refractivity contribution in [3.8, 4) is 0 Å². The second-order valence-corrected chi connectivity index (χ2v) is 8.28. The molecule has 1 rings (SSSR count). The number of benzene rings is 1. The normalized spacial score (nSPS) is 13.7. The first-order valence-electron chi connectivity index (χ1n) is 11.4. The van der Waals surface area contributed by atoms with Crippen LogP contribution in [0.3, 0.4) is 0 Å². The molecule has 208 valence electrons. The van der Waals surface area contributed by atoms with Gasteiger partial charge in [-0.2, -0.15) is 0 Å². The lowest BCUT2D eigenvalue weighted by atomic mass is 10.0. The van der Waals surface area contributed by atoms with Gasteiger partial charge in [-0.3, -0.25) is 28.8 Å². The molecular formula is C23H30N4O11. The highest BCUT2D eigenvalue weighted by Crippen LogP contribution is 2.07. The molecule has 38 heavy (non-hydrogen) atoms. The number of aliphatic carboxylic acids is 4. The standard InChI is InChI=1S/C23H30N4O11/c24-13(11-19(32)33)20(34)27-16(10-12-4-2-1-3-5-12)22(36)25-14(6-8-17(28)29)21(35)26-15(23(37)38)7-9-18(30)31/h1-5,13-16H,6-11,24H2,(H,25,36)(H,26,35)(H,27,34)(H,28,29)(H,30,31)(H,32,33)(H,37,38). The summed E-state index contributed by atoms with van der Waals surface area (Å²) in [4.78, 5) is 82.5. The molecule has 3 amide bonds. The Morgan fingerprint density at radius 3 is 1.63 bits per heavy atom. The van der Waals surface area contributed by atoms with Gasteiger partial charge in [-0.1, -0.05) is 30.3 Å². The molecule has 0 spiro atoms. The Kier molecular flexibility index (Phi) is 12.9. The largest absolute Gasteiger partial charge is 0.481 e. The molecule has 1 aromatic rings. The van der Waals surface area contributed by atoms with Crippen LogP contribution in [0.15, 0.2) is 30.3 Å². The smallest absolute Gasteiger partial charge is 0.326 e. The number of carbonyl (C=O) groups is 7. The maximum Gasteiger partial charge on any atom is 0.326 e. The molecule has 9 N–H and O–H groups in total. The summed E-state index contributed by atoms with van der Waals surface area (Å²) >= 11 is 0. The van der Waals surface area contributed by atoms with Crippen molar-refractivity contribution < 1.29 is 54.0 Å². The lowest BCUT2D eigenvalue weighted by Gasteiger charge is -2.25. The summed E-state index contributed by atoms with van der Waals surface area (Å²) in [5.74, 6) is -8.50. The molecule has 0 aliphatic rings. The van der Waals surface area contributed by atoms with Crippen molar-refractivity contribution in [2.45, 2.75) is 62.7 Å². The lowest BCUT2D eigenvalue weighted by Crippen LogP contribution is -2.57. The second-order valence-electron chi connectivity index (χ2n) is 8.28. The van der Waals surface area contributed by atoms with E-state index < -0.39 is 97.9 Å². The van der Waals surface area contributed by atoms with E-state index in [0.29, 0.717) is 5.56 Å². The van der Waals surface area contributed by atoms with Gasteiger partial charge in [0.2, 0.25) is 17.7 Å². The Balaban J connectivity index is 3.13. The van der Waals surface area contributed by atoms with Crippen molar-refractivity contribution in [2.24, 2.45) is 5.73 Å². The molecule has 0 fully saturated rings. The third-order valence-corrected chi connectivity index (χ3v) is 5.19. The number of carboxylic acids is 4. The number of carbonyl (C=O) groups excluding carboxylic acids is 3. The van der Waals surface area contributed by atoms with Crippen molar-refractivity contribution in [3.05, 3.63) is 35.9 Å². The van der Waals surface area contributed by atoms with Crippen LogP contribution in [0.2, 0.25) is 0 Å². The first-order chi connectivity index (χ1) is 17.8. The van der Waals surface area contributed by atoms with Crippen LogP contribution in [-0.2, 0) is 40.0 Å². The average molecular weight is 539 g/mol. The topological polar surface area (TPSA) is 263 Å². The van der Waals surface area contributed by atoms with Crippen LogP contribution >= 0.6 is 0 Å². The molecule has 0 saturated heterocycles. The zero-order chi connectivity index (χ0) is 28.8. The summed E-state index contributed by atoms with van der Waals surface area (Å²) < 4.78 is 0. The fourth-order valence-corrected chi connectivity index (χ4v) is 3.23. The quantitative estimate of drug-likeness (QED) is 0.110. The van der Waals surface area contributed by atoms with Crippen molar-refractivity contribution in [3.63, 3.8) is 0 Å². The van der Waals surface area contributed by atoms with E-state index in [0.717, 1.165) is 0 Å². The molecule has 4 unspecified atom stereocenters. The predicted molar refractivity (Wildman–Crippen MR) is 128 cm³/mol. The van der Waals surface area contributed by atoms with E-state index >= 15 is 0 Å². The molecule has 1 aromatic carbocycles. The van der Waals surface area contributed by atoms with E-state index in [9.17, 15) is 38.7 Å². The highest BCUT2D eigenvalue weighted by molar-refractivity contribution is 5.95. The van der Waals surface area contributed by atoms with Gasteiger partial charge in [-0.25, -0.2) is 4.79 Å². The summed E-state index contributed by atoms with van der Waals surface area (Å²) in [6.07, 6.45) is -2.92. The molecule has 0 aromatic heterocycles. The number of hydrogen-bond donors (Lipinski definition) is 8. The first kappa shape index (κ1) is 31.5. The van der Waals surface area contributed by atoms with E-state index in [1.807, 2.05) is 0 Å². The number of carboxylic acid groups (broad SMARTS) is 4. The fraction of sp³-hybridized carbons (Fsp3) is 0.435. The second kappa shape index (κ2) is 15.6. The van der Waals surface area contributed by atoms with Crippen LogP contribution < -0.4 is 21.7 Å². The van der Waals surface area contributed by atoms with Crippen molar-refractivity contribution >= 4 is 41.6 Å². The van der Waals surface area contributed by atoms with E-state index in [2.05, 4.69) is 16.0 Å². The van der Waals surface area contributed by atoms with Crippen molar-refractivity contribution in [1.29, 1.82) is 0 Å². The number of amides is 3. The third-order valence-electron chi connectivity index (χ3n) is 5.19. The monoisotopic (exact) mass is 538 g/mol. The van der Waals surface area contributed by atoms with Gasteiger partial charge in [0.1, 0.15) is 18.1 Å². The van der Waals surface area contributed by atoms with Gasteiger partial charge in [0.25, 0.3) is 0 Å². The minimum Gasteiger partial charge on any atom is -0.481 e. The number of hydrogen-bond acceptors (Lipinski definition) is 8. The van der Waals surface area contributed by atoms with Crippen LogP contribution in [-0.4, -0.2) is 86.2 Å². The van der Waals surface area contributed by atoms with Gasteiger partial charge in [0, 0.05) is 19.3 Å². The Morgan fingerprint density at radius 1 is 0.658 bits per heavy atom. The Bertz CT molecular complexity index is 1030. The summed E-state index contributed by atoms with van der Waals surface area (Å²) in [6, 6.07) is 2.25. The maximum atomic E-state index is 13.1. The van der Waals surface area contributed by atoms with E-state index in [-0.39, 0.29) is 6.42 Å². The zero-order valence-corrected chi connectivity index (χ0v) is 20.2. The average Bonchev–Trinajstić information content (AvgIpc) is 2.83. The summed E-state index contributed by atoms with van der Waals surface area (Å²) in [5, 5.41) is 42.7. The van der Waals surface area contributed by atoms with E-state index in [4.69, 9.17) is 21.1 Å². The van der Waals surface area contributed by atoms with Gasteiger partial charge in [0.15, 0.2) is 0 Å².